The summed E-state index contributed by atoms with van der Waals surface area (Å²) >= 11 is 0. The van der Waals surface area contributed by atoms with Gasteiger partial charge in [0.1, 0.15) is 0 Å². The fourth-order valence-electron chi connectivity index (χ4n) is 3.63. The molecule has 2 aromatic carbocycles. The zero-order valence-electron chi connectivity index (χ0n) is 16.3. The van der Waals surface area contributed by atoms with Gasteiger partial charge in [0.25, 0.3) is 11.8 Å². The summed E-state index contributed by atoms with van der Waals surface area (Å²) in [7, 11) is 0. The van der Waals surface area contributed by atoms with Crippen molar-refractivity contribution in [1.82, 2.24) is 15.8 Å². The summed E-state index contributed by atoms with van der Waals surface area (Å²) in [6.07, 6.45) is 3.61. The second-order valence-corrected chi connectivity index (χ2v) is 7.08. The first-order chi connectivity index (χ1) is 14.6. The smallest absolute Gasteiger partial charge is 0.339 e. The van der Waals surface area contributed by atoms with E-state index < -0.39 is 24.4 Å². The number of carbonyl (C=O) groups excluding carboxylic acids is 3. The molecule has 7 nitrogen and oxygen atoms in total. The number of amides is 2. The number of para-hydroxylation sites is 1. The number of benzene rings is 2. The molecule has 0 radical (unpaired) electrons. The molecular weight excluding hydrogens is 382 g/mol. The topological polar surface area (TPSA) is 97.4 Å². The molecule has 7 heteroatoms. The third-order valence-corrected chi connectivity index (χ3v) is 5.06. The van der Waals surface area contributed by atoms with Crippen LogP contribution < -0.4 is 10.9 Å². The molecule has 2 amide bonds. The maximum absolute atomic E-state index is 12.9. The first kappa shape index (κ1) is 19.6. The molecule has 30 heavy (non-hydrogen) atoms. The molecule has 0 saturated carbocycles. The molecule has 1 aromatic heterocycles. The van der Waals surface area contributed by atoms with Gasteiger partial charge in [0, 0.05) is 16.6 Å². The minimum Gasteiger partial charge on any atom is -0.452 e. The van der Waals surface area contributed by atoms with Gasteiger partial charge >= 0.3 is 5.97 Å². The molecular formula is C23H21N3O4. The maximum Gasteiger partial charge on any atom is 0.339 e. The van der Waals surface area contributed by atoms with E-state index in [-0.39, 0.29) is 0 Å². The Kier molecular flexibility index (Phi) is 5.70. The van der Waals surface area contributed by atoms with Crippen molar-refractivity contribution < 1.29 is 19.1 Å². The number of carbonyl (C=O) groups is 3. The number of aromatic nitrogens is 1. The molecule has 2 N–H and O–H groups in total. The zero-order chi connectivity index (χ0) is 20.9. The van der Waals surface area contributed by atoms with Gasteiger partial charge < -0.3 is 4.74 Å². The quantitative estimate of drug-likeness (QED) is 0.516. The van der Waals surface area contributed by atoms with Gasteiger partial charge in [0.15, 0.2) is 6.61 Å². The predicted molar refractivity (Wildman–Crippen MR) is 111 cm³/mol. The molecule has 3 aromatic rings. The average Bonchev–Trinajstić information content (AvgIpc) is 2.79. The maximum atomic E-state index is 12.9. The second kappa shape index (κ2) is 8.73. The minimum atomic E-state index is -0.625. The van der Waals surface area contributed by atoms with Crippen LogP contribution in [0.25, 0.3) is 10.9 Å². The molecule has 0 fully saturated rings. The number of rotatable bonds is 4. The van der Waals surface area contributed by atoms with Crippen LogP contribution >= 0.6 is 0 Å². The molecule has 1 aliphatic carbocycles. The number of nitrogens with one attached hydrogen (secondary N) is 2. The van der Waals surface area contributed by atoms with E-state index in [2.05, 4.69) is 10.9 Å². The predicted octanol–water partition coefficient (Wildman–Crippen LogP) is 2.73. The molecule has 0 spiro atoms. The van der Waals surface area contributed by atoms with E-state index in [1.54, 1.807) is 30.3 Å². The van der Waals surface area contributed by atoms with Crippen molar-refractivity contribution in [2.24, 2.45) is 0 Å². The van der Waals surface area contributed by atoms with E-state index in [1.165, 1.54) is 0 Å². The Morgan fingerprint density at radius 3 is 2.47 bits per heavy atom. The highest BCUT2D eigenvalue weighted by molar-refractivity contribution is 6.05. The van der Waals surface area contributed by atoms with E-state index in [9.17, 15) is 14.4 Å². The standard InChI is InChI=1S/C23H21N3O4/c27-20(25-26-22(28)15-8-2-1-3-9-15)14-30-23(29)21-16-10-4-6-12-18(16)24-19-13-7-5-11-17(19)21/h1-4,6,8-10,12H,5,7,11,13-14H2,(H,25,27)(H,26,28). The van der Waals surface area contributed by atoms with Crippen molar-refractivity contribution in [3.8, 4) is 0 Å². The van der Waals surface area contributed by atoms with Crippen LogP contribution in [0.1, 0.15) is 44.8 Å². The summed E-state index contributed by atoms with van der Waals surface area (Å²) in [6, 6.07) is 15.9. The van der Waals surface area contributed by atoms with Gasteiger partial charge in [-0.15, -0.1) is 0 Å². The summed E-state index contributed by atoms with van der Waals surface area (Å²) in [6.45, 7) is -0.501. The van der Waals surface area contributed by atoms with Crippen LogP contribution in [0.5, 0.6) is 0 Å². The van der Waals surface area contributed by atoms with Crippen LogP contribution in [0.2, 0.25) is 0 Å². The number of hydrogen-bond donors (Lipinski definition) is 2. The fraction of sp³-hybridized carbons (Fsp3) is 0.217. The van der Waals surface area contributed by atoms with Crippen molar-refractivity contribution in [3.05, 3.63) is 77.0 Å². The highest BCUT2D eigenvalue weighted by Crippen LogP contribution is 2.29. The molecule has 0 aliphatic heterocycles. The number of nitrogens with zero attached hydrogens (tertiary/aromatic N) is 1. The van der Waals surface area contributed by atoms with Crippen LogP contribution in [0.4, 0.5) is 0 Å². The number of aryl methyl sites for hydroxylation is 1. The monoisotopic (exact) mass is 403 g/mol. The molecule has 1 heterocycles. The normalized spacial score (nSPS) is 12.7. The number of hydrazine groups is 1. The van der Waals surface area contributed by atoms with Crippen LogP contribution in [0, 0.1) is 0 Å². The fourth-order valence-corrected chi connectivity index (χ4v) is 3.63. The van der Waals surface area contributed by atoms with Gasteiger partial charge in [0.2, 0.25) is 0 Å². The molecule has 0 bridgehead atoms. The summed E-state index contributed by atoms with van der Waals surface area (Å²) < 4.78 is 5.27. The lowest BCUT2D eigenvalue weighted by molar-refractivity contribution is -0.125. The van der Waals surface area contributed by atoms with Gasteiger partial charge in [0.05, 0.1) is 11.1 Å². The molecule has 152 valence electrons. The first-order valence-corrected chi connectivity index (χ1v) is 9.85. The number of pyridine rings is 1. The molecule has 4 rings (SSSR count). The third kappa shape index (κ3) is 4.15. The van der Waals surface area contributed by atoms with Gasteiger partial charge in [-0.3, -0.25) is 25.4 Å². The number of ether oxygens (including phenoxy) is 1. The summed E-state index contributed by atoms with van der Waals surface area (Å²) in [5.74, 6) is -1.64. The van der Waals surface area contributed by atoms with E-state index in [1.807, 2.05) is 24.3 Å². The lowest BCUT2D eigenvalue weighted by atomic mass is 9.90. The number of fused-ring (bicyclic) bond motifs is 2. The van der Waals surface area contributed by atoms with E-state index in [4.69, 9.17) is 9.72 Å². The Morgan fingerprint density at radius 1 is 0.900 bits per heavy atom. The number of hydrogen-bond acceptors (Lipinski definition) is 5. The van der Waals surface area contributed by atoms with Gasteiger partial charge in [-0.25, -0.2) is 4.79 Å². The Morgan fingerprint density at radius 2 is 1.63 bits per heavy atom. The summed E-state index contributed by atoms with van der Waals surface area (Å²) in [5, 5.41) is 0.723. The van der Waals surface area contributed by atoms with Crippen molar-refractivity contribution in [2.45, 2.75) is 25.7 Å². The Balaban J connectivity index is 1.43. The van der Waals surface area contributed by atoms with Crippen LogP contribution in [-0.4, -0.2) is 29.4 Å². The summed E-state index contributed by atoms with van der Waals surface area (Å²) in [4.78, 5) is 41.6. The van der Waals surface area contributed by atoms with E-state index in [0.717, 1.165) is 47.8 Å². The van der Waals surface area contributed by atoms with Crippen LogP contribution in [0.15, 0.2) is 54.6 Å². The molecule has 0 atom stereocenters. The minimum absolute atomic E-state index is 0.407. The lowest BCUT2D eigenvalue weighted by Crippen LogP contribution is -2.43. The number of esters is 1. The zero-order valence-corrected chi connectivity index (χ0v) is 16.3. The van der Waals surface area contributed by atoms with Gasteiger partial charge in [-0.1, -0.05) is 36.4 Å². The highest BCUT2D eigenvalue weighted by Gasteiger charge is 2.24. The van der Waals surface area contributed by atoms with E-state index in [0.29, 0.717) is 11.1 Å². The largest absolute Gasteiger partial charge is 0.452 e. The molecule has 1 aliphatic rings. The van der Waals surface area contributed by atoms with Crippen molar-refractivity contribution >= 4 is 28.7 Å². The molecule has 0 saturated heterocycles. The lowest BCUT2D eigenvalue weighted by Gasteiger charge is -2.19. The van der Waals surface area contributed by atoms with Crippen LogP contribution in [0.3, 0.4) is 0 Å². The Labute approximate surface area is 173 Å². The first-order valence-electron chi connectivity index (χ1n) is 9.85. The van der Waals surface area contributed by atoms with Crippen molar-refractivity contribution in [1.29, 1.82) is 0 Å². The SMILES string of the molecule is O=C(COC(=O)c1c2c(nc3ccccc13)CCCC2)NNC(=O)c1ccccc1. The average molecular weight is 403 g/mol. The van der Waals surface area contributed by atoms with Crippen molar-refractivity contribution in [3.63, 3.8) is 0 Å². The molecule has 0 unspecified atom stereocenters. The second-order valence-electron chi connectivity index (χ2n) is 7.08. The van der Waals surface area contributed by atoms with E-state index >= 15 is 0 Å². The van der Waals surface area contributed by atoms with Gasteiger partial charge in [-0.2, -0.15) is 0 Å². The Bertz CT molecular complexity index is 1110. The van der Waals surface area contributed by atoms with Gasteiger partial charge in [-0.05, 0) is 49.4 Å². The van der Waals surface area contributed by atoms with Crippen LogP contribution in [-0.2, 0) is 22.4 Å². The third-order valence-electron chi connectivity index (χ3n) is 5.06. The highest BCUT2D eigenvalue weighted by atomic mass is 16.5. The Hall–Kier alpha value is -3.74. The van der Waals surface area contributed by atoms with Crippen molar-refractivity contribution in [2.75, 3.05) is 6.61 Å². The summed E-state index contributed by atoms with van der Waals surface area (Å²) in [5.41, 5.74) is 8.02.